The summed E-state index contributed by atoms with van der Waals surface area (Å²) in [6.45, 7) is 4.67. The van der Waals surface area contributed by atoms with E-state index in [0.717, 1.165) is 37.6 Å². The van der Waals surface area contributed by atoms with Crippen molar-refractivity contribution in [1.82, 2.24) is 10.2 Å². The molecule has 0 unspecified atom stereocenters. The molecule has 1 N–H and O–H groups in total. The van der Waals surface area contributed by atoms with E-state index in [9.17, 15) is 9.59 Å². The van der Waals surface area contributed by atoms with Crippen LogP contribution in [0.3, 0.4) is 0 Å². The summed E-state index contributed by atoms with van der Waals surface area (Å²) in [6, 6.07) is 14.8. The molecule has 32 heavy (non-hydrogen) atoms. The van der Waals surface area contributed by atoms with Gasteiger partial charge in [0.1, 0.15) is 11.3 Å². The molecule has 1 aromatic heterocycles. The van der Waals surface area contributed by atoms with Crippen LogP contribution < -0.4 is 25.3 Å². The summed E-state index contributed by atoms with van der Waals surface area (Å²) in [4.78, 5) is 29.5. The number of nitrogens with one attached hydrogen (secondary N) is 1. The first-order valence-corrected chi connectivity index (χ1v) is 10.6. The number of hydrogen-bond acceptors (Lipinski definition) is 7. The Labute approximate surface area is 186 Å². The molecule has 0 spiro atoms. The minimum atomic E-state index is -0.676. The fourth-order valence-electron chi connectivity index (χ4n) is 3.96. The van der Waals surface area contributed by atoms with Gasteiger partial charge >= 0.3 is 5.63 Å². The molecule has 0 bridgehead atoms. The second-order valence-corrected chi connectivity index (χ2v) is 7.58. The van der Waals surface area contributed by atoms with E-state index in [0.29, 0.717) is 29.8 Å². The molecule has 0 aliphatic carbocycles. The number of hydrogen-bond donors (Lipinski definition) is 1. The standard InChI is InChI=1S/C24H27N3O5/c1-30-20-8-4-3-7-19(20)27-14-12-26(13-15-27)11-10-25-23(28)18-16-17-6-5-9-21(31-2)22(17)32-24(18)29/h3-9,16H,10-15H2,1-2H3,(H,25,28). The van der Waals surface area contributed by atoms with Gasteiger partial charge in [0.2, 0.25) is 0 Å². The molecule has 1 fully saturated rings. The molecule has 1 aliphatic rings. The lowest BCUT2D eigenvalue weighted by Gasteiger charge is -2.36. The number of nitrogens with zero attached hydrogens (tertiary/aromatic N) is 2. The van der Waals surface area contributed by atoms with Crippen molar-refractivity contribution in [2.75, 3.05) is 58.4 Å². The van der Waals surface area contributed by atoms with Gasteiger partial charge in [-0.1, -0.05) is 24.3 Å². The van der Waals surface area contributed by atoms with Gasteiger partial charge < -0.3 is 24.1 Å². The zero-order valence-corrected chi connectivity index (χ0v) is 18.3. The van der Waals surface area contributed by atoms with Gasteiger partial charge in [-0.15, -0.1) is 0 Å². The first kappa shape index (κ1) is 21.7. The highest BCUT2D eigenvalue weighted by Gasteiger charge is 2.20. The van der Waals surface area contributed by atoms with Crippen LogP contribution in [0.25, 0.3) is 11.0 Å². The monoisotopic (exact) mass is 437 g/mol. The highest BCUT2D eigenvalue weighted by molar-refractivity contribution is 5.97. The third kappa shape index (κ3) is 4.55. The Morgan fingerprint density at radius 2 is 1.72 bits per heavy atom. The molecule has 0 saturated carbocycles. The van der Waals surface area contributed by atoms with Crippen molar-refractivity contribution in [3.63, 3.8) is 0 Å². The largest absolute Gasteiger partial charge is 0.495 e. The van der Waals surface area contributed by atoms with Gasteiger partial charge in [0.05, 0.1) is 19.9 Å². The van der Waals surface area contributed by atoms with Crippen LogP contribution in [0, 0.1) is 0 Å². The molecule has 0 atom stereocenters. The first-order chi connectivity index (χ1) is 15.6. The molecule has 1 saturated heterocycles. The molecule has 1 amide bonds. The lowest BCUT2D eigenvalue weighted by atomic mass is 10.1. The number of anilines is 1. The zero-order valence-electron chi connectivity index (χ0n) is 18.3. The summed E-state index contributed by atoms with van der Waals surface area (Å²) >= 11 is 0. The highest BCUT2D eigenvalue weighted by Crippen LogP contribution is 2.28. The number of benzene rings is 2. The average Bonchev–Trinajstić information content (AvgIpc) is 2.83. The van der Waals surface area contributed by atoms with E-state index in [2.05, 4.69) is 21.2 Å². The lowest BCUT2D eigenvalue weighted by molar-refractivity contribution is 0.0944. The molecule has 3 aromatic rings. The molecular formula is C24H27N3O5. The summed E-state index contributed by atoms with van der Waals surface area (Å²) in [5.74, 6) is 0.898. The smallest absolute Gasteiger partial charge is 0.349 e. The summed E-state index contributed by atoms with van der Waals surface area (Å²) in [7, 11) is 3.19. The van der Waals surface area contributed by atoms with Gasteiger partial charge in [-0.3, -0.25) is 9.69 Å². The van der Waals surface area contributed by atoms with Crippen LogP contribution in [0.4, 0.5) is 5.69 Å². The number of piperazine rings is 1. The van der Waals surface area contributed by atoms with Gasteiger partial charge in [-0.25, -0.2) is 4.79 Å². The quantitative estimate of drug-likeness (QED) is 0.568. The molecule has 8 heteroatoms. The highest BCUT2D eigenvalue weighted by atomic mass is 16.5. The van der Waals surface area contributed by atoms with Crippen LogP contribution in [0.1, 0.15) is 10.4 Å². The Morgan fingerprint density at radius 3 is 2.47 bits per heavy atom. The van der Waals surface area contributed by atoms with E-state index >= 15 is 0 Å². The summed E-state index contributed by atoms with van der Waals surface area (Å²) in [5.41, 5.74) is 0.753. The van der Waals surface area contributed by atoms with Crippen molar-refractivity contribution in [2.24, 2.45) is 0 Å². The average molecular weight is 437 g/mol. The van der Waals surface area contributed by atoms with Gasteiger partial charge in [0.25, 0.3) is 5.91 Å². The number of rotatable bonds is 7. The van der Waals surface area contributed by atoms with E-state index in [1.807, 2.05) is 18.2 Å². The first-order valence-electron chi connectivity index (χ1n) is 10.6. The minimum Gasteiger partial charge on any atom is -0.495 e. The number of carbonyl (C=O) groups is 1. The Hall–Kier alpha value is -3.52. The van der Waals surface area contributed by atoms with Crippen molar-refractivity contribution in [1.29, 1.82) is 0 Å². The maximum Gasteiger partial charge on any atom is 0.349 e. The topological polar surface area (TPSA) is 84.2 Å². The Balaban J connectivity index is 1.31. The summed E-state index contributed by atoms with van der Waals surface area (Å²) in [5, 5.41) is 3.48. The number of ether oxygens (including phenoxy) is 2. The van der Waals surface area contributed by atoms with Crippen molar-refractivity contribution < 1.29 is 18.7 Å². The molecular weight excluding hydrogens is 410 g/mol. The minimum absolute atomic E-state index is 0.00764. The summed E-state index contributed by atoms with van der Waals surface area (Å²) < 4.78 is 16.0. The SMILES string of the molecule is COc1ccccc1N1CCN(CCNC(=O)c2cc3cccc(OC)c3oc2=O)CC1. The number of amides is 1. The molecule has 2 aromatic carbocycles. The van der Waals surface area contributed by atoms with Crippen LogP contribution in [0.2, 0.25) is 0 Å². The van der Waals surface area contributed by atoms with Crippen LogP contribution >= 0.6 is 0 Å². The van der Waals surface area contributed by atoms with Crippen molar-refractivity contribution in [3.8, 4) is 11.5 Å². The Bertz CT molecular complexity index is 1150. The predicted octanol–water partition coefficient (Wildman–Crippen LogP) is 2.36. The zero-order chi connectivity index (χ0) is 22.5. The van der Waals surface area contributed by atoms with E-state index in [-0.39, 0.29) is 5.56 Å². The second-order valence-electron chi connectivity index (χ2n) is 7.58. The maximum absolute atomic E-state index is 12.6. The molecule has 1 aliphatic heterocycles. The number of carbonyl (C=O) groups excluding carboxylic acids is 1. The van der Waals surface area contributed by atoms with Gasteiger partial charge in [0.15, 0.2) is 11.3 Å². The van der Waals surface area contributed by atoms with E-state index in [1.54, 1.807) is 31.4 Å². The number of para-hydroxylation sites is 3. The van der Waals surface area contributed by atoms with Crippen molar-refractivity contribution in [3.05, 3.63) is 64.5 Å². The predicted molar refractivity (Wildman–Crippen MR) is 123 cm³/mol. The van der Waals surface area contributed by atoms with E-state index in [1.165, 1.54) is 7.11 Å². The Kier molecular flexibility index (Phi) is 6.61. The second kappa shape index (κ2) is 9.74. The van der Waals surface area contributed by atoms with E-state index < -0.39 is 11.5 Å². The van der Waals surface area contributed by atoms with Crippen molar-refractivity contribution in [2.45, 2.75) is 0 Å². The molecule has 8 nitrogen and oxygen atoms in total. The van der Waals surface area contributed by atoms with Crippen molar-refractivity contribution >= 4 is 22.6 Å². The molecule has 4 rings (SSSR count). The molecule has 168 valence electrons. The van der Waals surface area contributed by atoms with Crippen LogP contribution in [0.5, 0.6) is 11.5 Å². The van der Waals surface area contributed by atoms with Gasteiger partial charge in [-0.05, 0) is 24.3 Å². The molecule has 0 radical (unpaired) electrons. The third-order valence-electron chi connectivity index (χ3n) is 5.70. The maximum atomic E-state index is 12.6. The fraction of sp³-hybridized carbons (Fsp3) is 0.333. The molecule has 2 heterocycles. The normalized spacial score (nSPS) is 14.4. The number of fused-ring (bicyclic) bond motifs is 1. The third-order valence-corrected chi connectivity index (χ3v) is 5.70. The fourth-order valence-corrected chi connectivity index (χ4v) is 3.96. The van der Waals surface area contributed by atoms with Gasteiger partial charge in [-0.2, -0.15) is 0 Å². The van der Waals surface area contributed by atoms with Crippen LogP contribution in [0.15, 0.2) is 57.7 Å². The Morgan fingerprint density at radius 1 is 1.00 bits per heavy atom. The lowest BCUT2D eigenvalue weighted by Crippen LogP contribution is -2.48. The van der Waals surface area contributed by atoms with Crippen LogP contribution in [-0.2, 0) is 0 Å². The van der Waals surface area contributed by atoms with Crippen LogP contribution in [-0.4, -0.2) is 64.3 Å². The number of methoxy groups -OCH3 is 2. The summed E-state index contributed by atoms with van der Waals surface area (Å²) in [6.07, 6.45) is 0. The van der Waals surface area contributed by atoms with E-state index in [4.69, 9.17) is 13.9 Å². The van der Waals surface area contributed by atoms with Gasteiger partial charge in [0, 0.05) is 44.7 Å².